The van der Waals surface area contributed by atoms with Crippen molar-refractivity contribution in [3.05, 3.63) is 58.7 Å². The molecule has 0 unspecified atom stereocenters. The van der Waals surface area contributed by atoms with Crippen LogP contribution < -0.4 is 4.74 Å². The predicted molar refractivity (Wildman–Crippen MR) is 143 cm³/mol. The van der Waals surface area contributed by atoms with Crippen LogP contribution in [0.4, 0.5) is 0 Å². The Morgan fingerprint density at radius 3 is 1.76 bits per heavy atom. The second-order valence-corrected chi connectivity index (χ2v) is 9.89. The van der Waals surface area contributed by atoms with Crippen LogP contribution in [-0.4, -0.2) is 11.7 Å². The highest BCUT2D eigenvalue weighted by molar-refractivity contribution is 5.48. The van der Waals surface area contributed by atoms with Crippen LogP contribution in [0.1, 0.15) is 120 Å². The monoisotopic (exact) mass is 452 g/mol. The molecule has 0 heterocycles. The highest BCUT2D eigenvalue weighted by atomic mass is 16.5. The van der Waals surface area contributed by atoms with Crippen LogP contribution in [0.3, 0.4) is 0 Å². The molecule has 0 saturated carbocycles. The number of unbranched alkanes of at least 4 members (excludes halogenated alkanes) is 7. The van der Waals surface area contributed by atoms with Gasteiger partial charge >= 0.3 is 0 Å². The lowest BCUT2D eigenvalue weighted by molar-refractivity contribution is 0.302. The second-order valence-electron chi connectivity index (χ2n) is 9.89. The molecule has 0 aromatic heterocycles. The average Bonchev–Trinajstić information content (AvgIpc) is 2.80. The third-order valence-corrected chi connectivity index (χ3v) is 7.09. The van der Waals surface area contributed by atoms with Crippen molar-refractivity contribution in [2.24, 2.45) is 0 Å². The summed E-state index contributed by atoms with van der Waals surface area (Å²) in [4.78, 5) is 0. The molecule has 0 bridgehead atoms. The number of phenols is 1. The first-order chi connectivity index (χ1) is 16.0. The molecule has 0 saturated heterocycles. The maximum atomic E-state index is 10.1. The standard InChI is InChI=1S/C31H48O2/c1-6-9-10-11-12-13-14-15-22-33-30-19-17-28(24-26(30)5)31(20-7-2,21-8-3)27-16-18-29(32)25(4)23-27/h16-19,23-24,32H,6-15,20-22H2,1-5H3. The van der Waals surface area contributed by atoms with Crippen LogP contribution in [0.15, 0.2) is 36.4 Å². The van der Waals surface area contributed by atoms with E-state index in [0.717, 1.165) is 50.0 Å². The average molecular weight is 453 g/mol. The molecule has 184 valence electrons. The van der Waals surface area contributed by atoms with Gasteiger partial charge in [-0.2, -0.15) is 0 Å². The molecular formula is C31H48O2. The van der Waals surface area contributed by atoms with Crippen molar-refractivity contribution >= 4 is 0 Å². The molecule has 0 fully saturated rings. The lowest BCUT2D eigenvalue weighted by Gasteiger charge is -2.36. The van der Waals surface area contributed by atoms with E-state index in [1.807, 2.05) is 13.0 Å². The lowest BCUT2D eigenvalue weighted by Crippen LogP contribution is -2.28. The molecule has 0 spiro atoms. The minimum atomic E-state index is -0.0248. The lowest BCUT2D eigenvalue weighted by atomic mass is 9.68. The number of benzene rings is 2. The fourth-order valence-corrected chi connectivity index (χ4v) is 5.20. The van der Waals surface area contributed by atoms with Crippen molar-refractivity contribution in [3.8, 4) is 11.5 Å². The zero-order chi connectivity index (χ0) is 24.1. The Bertz CT molecular complexity index is 818. The van der Waals surface area contributed by atoms with Crippen molar-refractivity contribution in [1.82, 2.24) is 0 Å². The van der Waals surface area contributed by atoms with Gasteiger partial charge in [-0.15, -0.1) is 0 Å². The molecule has 0 aliphatic carbocycles. The highest BCUT2D eigenvalue weighted by Crippen LogP contribution is 2.43. The fraction of sp³-hybridized carbons (Fsp3) is 0.613. The molecule has 2 heteroatoms. The summed E-state index contributed by atoms with van der Waals surface area (Å²) in [5.74, 6) is 1.40. The molecule has 33 heavy (non-hydrogen) atoms. The van der Waals surface area contributed by atoms with E-state index >= 15 is 0 Å². The zero-order valence-electron chi connectivity index (χ0n) is 22.0. The summed E-state index contributed by atoms with van der Waals surface area (Å²) in [5.41, 5.74) is 4.83. The van der Waals surface area contributed by atoms with Crippen LogP contribution in [0.25, 0.3) is 0 Å². The van der Waals surface area contributed by atoms with Crippen LogP contribution in [0.5, 0.6) is 11.5 Å². The number of hydrogen-bond donors (Lipinski definition) is 1. The molecular weight excluding hydrogens is 404 g/mol. The van der Waals surface area contributed by atoms with Crippen molar-refractivity contribution in [2.45, 2.75) is 117 Å². The summed E-state index contributed by atoms with van der Waals surface area (Å²) in [7, 11) is 0. The normalized spacial score (nSPS) is 11.7. The van der Waals surface area contributed by atoms with Crippen LogP contribution in [0, 0.1) is 13.8 Å². The topological polar surface area (TPSA) is 29.5 Å². The van der Waals surface area contributed by atoms with Gasteiger partial charge in [0.25, 0.3) is 0 Å². The van der Waals surface area contributed by atoms with Gasteiger partial charge in [0.15, 0.2) is 0 Å². The fourth-order valence-electron chi connectivity index (χ4n) is 5.20. The van der Waals surface area contributed by atoms with E-state index in [-0.39, 0.29) is 5.41 Å². The SMILES string of the molecule is CCCCCCCCCCOc1ccc(C(CCC)(CCC)c2ccc(O)c(C)c2)cc1C. The van der Waals surface area contributed by atoms with E-state index in [1.165, 1.54) is 61.6 Å². The first kappa shape index (κ1) is 27.3. The van der Waals surface area contributed by atoms with E-state index in [2.05, 4.69) is 58.0 Å². The Morgan fingerprint density at radius 1 is 0.667 bits per heavy atom. The molecule has 0 aliphatic rings. The van der Waals surface area contributed by atoms with E-state index in [9.17, 15) is 5.11 Å². The molecule has 2 aromatic rings. The molecule has 0 radical (unpaired) electrons. The quantitative estimate of drug-likeness (QED) is 0.257. The summed E-state index contributed by atoms with van der Waals surface area (Å²) < 4.78 is 6.18. The smallest absolute Gasteiger partial charge is 0.122 e. The summed E-state index contributed by atoms with van der Waals surface area (Å²) >= 11 is 0. The molecule has 2 nitrogen and oxygen atoms in total. The Kier molecular flexibility index (Phi) is 11.9. The van der Waals surface area contributed by atoms with Crippen molar-refractivity contribution in [1.29, 1.82) is 0 Å². The summed E-state index contributed by atoms with van der Waals surface area (Å²) in [6.45, 7) is 11.8. The number of ether oxygens (including phenoxy) is 1. The number of aryl methyl sites for hydroxylation is 2. The molecule has 0 atom stereocenters. The summed E-state index contributed by atoms with van der Waals surface area (Å²) in [5, 5.41) is 10.1. The predicted octanol–water partition coefficient (Wildman–Crippen LogP) is 9.41. The number of rotatable bonds is 16. The van der Waals surface area contributed by atoms with E-state index in [1.54, 1.807) is 0 Å². The zero-order valence-corrected chi connectivity index (χ0v) is 22.0. The highest BCUT2D eigenvalue weighted by Gasteiger charge is 2.33. The van der Waals surface area contributed by atoms with Gasteiger partial charge in [-0.05, 0) is 67.5 Å². The molecule has 0 aliphatic heterocycles. The van der Waals surface area contributed by atoms with Gasteiger partial charge in [0.2, 0.25) is 0 Å². The van der Waals surface area contributed by atoms with Gasteiger partial charge in [-0.3, -0.25) is 0 Å². The first-order valence-corrected chi connectivity index (χ1v) is 13.5. The molecule has 1 N–H and O–H groups in total. The Labute approximate surface area is 203 Å². The summed E-state index contributed by atoms with van der Waals surface area (Å²) in [6, 6.07) is 13.0. The van der Waals surface area contributed by atoms with Crippen LogP contribution >= 0.6 is 0 Å². The number of aromatic hydroxyl groups is 1. The van der Waals surface area contributed by atoms with Gasteiger partial charge in [0.1, 0.15) is 11.5 Å². The minimum absolute atomic E-state index is 0.0248. The van der Waals surface area contributed by atoms with E-state index < -0.39 is 0 Å². The Balaban J connectivity index is 2.08. The molecule has 0 amide bonds. The third-order valence-electron chi connectivity index (χ3n) is 7.09. The summed E-state index contributed by atoms with van der Waals surface area (Å²) in [6.07, 6.45) is 15.0. The Morgan fingerprint density at radius 2 is 1.21 bits per heavy atom. The van der Waals surface area contributed by atoms with Gasteiger partial charge in [0, 0.05) is 5.41 Å². The van der Waals surface area contributed by atoms with E-state index in [0.29, 0.717) is 5.75 Å². The minimum Gasteiger partial charge on any atom is -0.508 e. The molecule has 2 aromatic carbocycles. The van der Waals surface area contributed by atoms with Crippen molar-refractivity contribution in [2.75, 3.05) is 6.61 Å². The van der Waals surface area contributed by atoms with Gasteiger partial charge in [-0.1, -0.05) is 103 Å². The largest absolute Gasteiger partial charge is 0.508 e. The maximum absolute atomic E-state index is 10.1. The Hall–Kier alpha value is -1.96. The second kappa shape index (κ2) is 14.3. The van der Waals surface area contributed by atoms with E-state index in [4.69, 9.17) is 4.74 Å². The van der Waals surface area contributed by atoms with Gasteiger partial charge in [0.05, 0.1) is 6.61 Å². The number of phenolic OH excluding ortho intramolecular Hbond substituents is 1. The number of hydrogen-bond acceptors (Lipinski definition) is 2. The van der Waals surface area contributed by atoms with Crippen molar-refractivity contribution < 1.29 is 9.84 Å². The third kappa shape index (κ3) is 7.80. The maximum Gasteiger partial charge on any atom is 0.122 e. The first-order valence-electron chi connectivity index (χ1n) is 13.5. The van der Waals surface area contributed by atoms with Crippen molar-refractivity contribution in [3.63, 3.8) is 0 Å². The van der Waals surface area contributed by atoms with Crippen LogP contribution in [0.2, 0.25) is 0 Å². The van der Waals surface area contributed by atoms with Gasteiger partial charge in [-0.25, -0.2) is 0 Å². The van der Waals surface area contributed by atoms with Gasteiger partial charge < -0.3 is 9.84 Å². The van der Waals surface area contributed by atoms with Crippen LogP contribution in [-0.2, 0) is 5.41 Å². The molecule has 2 rings (SSSR count).